The largest absolute Gasteiger partial charge is 0.481 e. The molecule has 0 saturated heterocycles. The highest BCUT2D eigenvalue weighted by atomic mass is 16.6. The van der Waals surface area contributed by atoms with Crippen LogP contribution in [0.3, 0.4) is 0 Å². The average molecular weight is 365 g/mol. The monoisotopic (exact) mass is 365 g/mol. The molecule has 0 spiro atoms. The summed E-state index contributed by atoms with van der Waals surface area (Å²) >= 11 is 0. The first kappa shape index (κ1) is 18.6. The van der Waals surface area contributed by atoms with Crippen molar-refractivity contribution in [3.63, 3.8) is 0 Å². The summed E-state index contributed by atoms with van der Waals surface area (Å²) in [6.07, 6.45) is -0.699. The number of aryl methyl sites for hydroxylation is 4. The average Bonchev–Trinajstić information content (AvgIpc) is 3.08. The number of carbonyl (C=O) groups excluding carboxylic acids is 1. The van der Waals surface area contributed by atoms with Crippen molar-refractivity contribution in [1.82, 2.24) is 10.3 Å². The van der Waals surface area contributed by atoms with Crippen LogP contribution in [0.5, 0.6) is 5.75 Å². The lowest BCUT2D eigenvalue weighted by Gasteiger charge is -2.15. The van der Waals surface area contributed by atoms with E-state index in [1.165, 1.54) is 5.56 Å². The Balaban J connectivity index is 1.76. The number of benzene rings is 2. The van der Waals surface area contributed by atoms with Gasteiger partial charge in [-0.15, -0.1) is 0 Å². The minimum absolute atomic E-state index is 0.282. The van der Waals surface area contributed by atoms with Gasteiger partial charge >= 0.3 is 0 Å². The number of nitrogens with zero attached hydrogens (tertiary/aromatic N) is 2. The summed E-state index contributed by atoms with van der Waals surface area (Å²) in [7, 11) is 0. The Morgan fingerprint density at radius 3 is 2.48 bits per heavy atom. The lowest BCUT2D eigenvalue weighted by Crippen LogP contribution is -2.30. The highest BCUT2D eigenvalue weighted by Crippen LogP contribution is 2.28. The van der Waals surface area contributed by atoms with Crippen LogP contribution in [0.25, 0.3) is 11.3 Å². The molecule has 1 heterocycles. The molecule has 1 unspecified atom stereocenters. The number of hydrogen-bond donors (Lipinski definition) is 1. The zero-order valence-electron chi connectivity index (χ0n) is 16.2. The summed E-state index contributed by atoms with van der Waals surface area (Å²) in [6, 6.07) is 11.7. The minimum Gasteiger partial charge on any atom is -0.481 e. The molecular formula is C21H23N3O3. The van der Waals surface area contributed by atoms with Gasteiger partial charge in [0.15, 0.2) is 11.8 Å². The summed E-state index contributed by atoms with van der Waals surface area (Å²) in [5, 5.41) is 10.6. The fourth-order valence-electron chi connectivity index (χ4n) is 2.70. The maximum Gasteiger partial charge on any atom is 0.266 e. The van der Waals surface area contributed by atoms with Gasteiger partial charge in [-0.25, -0.2) is 4.63 Å². The molecule has 0 fully saturated rings. The molecule has 0 aliphatic rings. The summed E-state index contributed by atoms with van der Waals surface area (Å²) in [5.74, 6) is 0.605. The number of aromatic nitrogens is 2. The van der Waals surface area contributed by atoms with E-state index in [-0.39, 0.29) is 11.7 Å². The molecule has 3 rings (SSSR count). The standard InChI is InChI=1S/C21H23N3O3/c1-12-6-7-14(3)18(10-12)19-20(24-27-23-19)22-21(25)16(5)26-17-9-8-13(2)15(4)11-17/h6-11,16H,1-5H3,(H,22,24,25). The molecule has 27 heavy (non-hydrogen) atoms. The highest BCUT2D eigenvalue weighted by Gasteiger charge is 2.21. The van der Waals surface area contributed by atoms with Crippen molar-refractivity contribution >= 4 is 11.7 Å². The second-order valence-corrected chi connectivity index (χ2v) is 6.78. The molecule has 0 bridgehead atoms. The molecule has 1 atom stereocenters. The first-order valence-electron chi connectivity index (χ1n) is 8.80. The number of rotatable bonds is 5. The molecule has 140 valence electrons. The first-order valence-corrected chi connectivity index (χ1v) is 8.80. The van der Waals surface area contributed by atoms with Gasteiger partial charge < -0.3 is 10.1 Å². The van der Waals surface area contributed by atoms with Crippen molar-refractivity contribution in [2.24, 2.45) is 0 Å². The summed E-state index contributed by atoms with van der Waals surface area (Å²) in [5.41, 5.74) is 5.76. The van der Waals surface area contributed by atoms with Crippen molar-refractivity contribution < 1.29 is 14.2 Å². The number of hydrogen-bond acceptors (Lipinski definition) is 5. The molecule has 1 N–H and O–H groups in total. The molecular weight excluding hydrogens is 342 g/mol. The molecule has 2 aromatic carbocycles. The normalized spacial score (nSPS) is 11.9. The van der Waals surface area contributed by atoms with Crippen LogP contribution in [0.15, 0.2) is 41.0 Å². The number of carbonyl (C=O) groups is 1. The van der Waals surface area contributed by atoms with Crippen LogP contribution in [0.1, 0.15) is 29.2 Å². The number of anilines is 1. The van der Waals surface area contributed by atoms with Gasteiger partial charge in [0.25, 0.3) is 5.91 Å². The number of amides is 1. The second kappa shape index (κ2) is 7.61. The van der Waals surface area contributed by atoms with Crippen LogP contribution in [0.4, 0.5) is 5.82 Å². The van der Waals surface area contributed by atoms with E-state index >= 15 is 0 Å². The molecule has 6 nitrogen and oxygen atoms in total. The fraction of sp³-hybridized carbons (Fsp3) is 0.286. The van der Waals surface area contributed by atoms with Crippen molar-refractivity contribution in [3.8, 4) is 17.0 Å². The number of nitrogens with one attached hydrogen (secondary N) is 1. The molecule has 3 aromatic rings. The third kappa shape index (κ3) is 4.16. The van der Waals surface area contributed by atoms with Gasteiger partial charge in [0.05, 0.1) is 0 Å². The van der Waals surface area contributed by atoms with E-state index in [4.69, 9.17) is 9.37 Å². The quantitative estimate of drug-likeness (QED) is 0.726. The van der Waals surface area contributed by atoms with E-state index in [0.717, 1.165) is 22.3 Å². The summed E-state index contributed by atoms with van der Waals surface area (Å²) in [6.45, 7) is 9.69. The Labute approximate surface area is 158 Å². The third-order valence-electron chi connectivity index (χ3n) is 4.54. The van der Waals surface area contributed by atoms with Crippen LogP contribution in [0.2, 0.25) is 0 Å². The van der Waals surface area contributed by atoms with E-state index in [1.807, 2.05) is 64.1 Å². The topological polar surface area (TPSA) is 77.3 Å². The molecule has 0 aliphatic heterocycles. The van der Waals surface area contributed by atoms with E-state index in [2.05, 4.69) is 15.6 Å². The van der Waals surface area contributed by atoms with Crippen molar-refractivity contribution in [3.05, 3.63) is 58.7 Å². The Morgan fingerprint density at radius 1 is 1.00 bits per heavy atom. The van der Waals surface area contributed by atoms with Crippen LogP contribution in [-0.2, 0) is 4.79 Å². The molecule has 0 radical (unpaired) electrons. The molecule has 1 amide bonds. The van der Waals surface area contributed by atoms with Crippen molar-refractivity contribution in [2.75, 3.05) is 5.32 Å². The predicted molar refractivity (Wildman–Crippen MR) is 104 cm³/mol. The maximum atomic E-state index is 12.6. The smallest absolute Gasteiger partial charge is 0.266 e. The minimum atomic E-state index is -0.699. The summed E-state index contributed by atoms with van der Waals surface area (Å²) < 4.78 is 10.6. The van der Waals surface area contributed by atoms with Crippen LogP contribution >= 0.6 is 0 Å². The predicted octanol–water partition coefficient (Wildman–Crippen LogP) is 4.38. The SMILES string of the molecule is Cc1ccc(C)c(-c2nonc2NC(=O)C(C)Oc2ccc(C)c(C)c2)c1. The Hall–Kier alpha value is -3.15. The van der Waals surface area contributed by atoms with Crippen molar-refractivity contribution in [2.45, 2.75) is 40.7 Å². The highest BCUT2D eigenvalue weighted by molar-refractivity contribution is 5.96. The van der Waals surface area contributed by atoms with Crippen LogP contribution in [0, 0.1) is 27.7 Å². The molecule has 1 aromatic heterocycles. The fourth-order valence-corrected chi connectivity index (χ4v) is 2.70. The van der Waals surface area contributed by atoms with E-state index in [1.54, 1.807) is 6.92 Å². The molecule has 0 aliphatic carbocycles. The van der Waals surface area contributed by atoms with Gasteiger partial charge in [-0.3, -0.25) is 4.79 Å². The van der Waals surface area contributed by atoms with Gasteiger partial charge in [-0.1, -0.05) is 23.8 Å². The van der Waals surface area contributed by atoms with E-state index in [9.17, 15) is 4.79 Å². The zero-order valence-corrected chi connectivity index (χ0v) is 16.2. The van der Waals surface area contributed by atoms with Gasteiger partial charge in [0, 0.05) is 5.56 Å². The Morgan fingerprint density at radius 2 is 1.74 bits per heavy atom. The Bertz CT molecular complexity index is 979. The van der Waals surface area contributed by atoms with Gasteiger partial charge in [0.1, 0.15) is 5.75 Å². The second-order valence-electron chi connectivity index (χ2n) is 6.78. The van der Waals surface area contributed by atoms with E-state index < -0.39 is 6.10 Å². The summed E-state index contributed by atoms with van der Waals surface area (Å²) in [4.78, 5) is 12.6. The van der Waals surface area contributed by atoms with Crippen LogP contribution in [-0.4, -0.2) is 22.3 Å². The van der Waals surface area contributed by atoms with Gasteiger partial charge in [-0.05, 0) is 79.8 Å². The molecule has 0 saturated carbocycles. The zero-order chi connectivity index (χ0) is 19.6. The lowest BCUT2D eigenvalue weighted by atomic mass is 10.0. The Kier molecular flexibility index (Phi) is 5.26. The first-order chi connectivity index (χ1) is 12.8. The van der Waals surface area contributed by atoms with Crippen LogP contribution < -0.4 is 10.1 Å². The van der Waals surface area contributed by atoms with Crippen molar-refractivity contribution in [1.29, 1.82) is 0 Å². The number of ether oxygens (including phenoxy) is 1. The lowest BCUT2D eigenvalue weighted by molar-refractivity contribution is -0.122. The maximum absolute atomic E-state index is 12.6. The van der Waals surface area contributed by atoms with Gasteiger partial charge in [-0.2, -0.15) is 0 Å². The third-order valence-corrected chi connectivity index (χ3v) is 4.54. The van der Waals surface area contributed by atoms with Gasteiger partial charge in [0.2, 0.25) is 5.82 Å². The van der Waals surface area contributed by atoms with E-state index in [0.29, 0.717) is 11.4 Å². The molecule has 6 heteroatoms.